The van der Waals surface area contributed by atoms with Crippen molar-refractivity contribution >= 4 is 34.8 Å². The van der Waals surface area contributed by atoms with E-state index >= 15 is 0 Å². The fourth-order valence-corrected chi connectivity index (χ4v) is 3.57. The van der Waals surface area contributed by atoms with E-state index in [1.54, 1.807) is 23.1 Å². The fourth-order valence-electron chi connectivity index (χ4n) is 3.29. The predicted octanol–water partition coefficient (Wildman–Crippen LogP) is 4.92. The number of hydrogen-bond acceptors (Lipinski definition) is 3. The van der Waals surface area contributed by atoms with Crippen molar-refractivity contribution in [1.82, 2.24) is 0 Å². The van der Waals surface area contributed by atoms with E-state index in [0.717, 1.165) is 23.3 Å². The molecule has 3 rings (SSSR count). The molecular weight excluding hydrogens is 376 g/mol. The van der Waals surface area contributed by atoms with Crippen LogP contribution in [0, 0.1) is 6.92 Å². The van der Waals surface area contributed by atoms with Gasteiger partial charge in [-0.05, 0) is 54.7 Å². The van der Waals surface area contributed by atoms with Crippen molar-refractivity contribution in [2.45, 2.75) is 39.5 Å². The molecule has 0 unspecified atom stereocenters. The number of amides is 2. The highest BCUT2D eigenvalue weighted by Gasteiger charge is 2.23. The number of nitrogens with zero attached hydrogens (tertiary/aromatic N) is 1. The van der Waals surface area contributed by atoms with E-state index in [2.05, 4.69) is 19.2 Å². The van der Waals surface area contributed by atoms with E-state index in [-0.39, 0.29) is 18.4 Å². The summed E-state index contributed by atoms with van der Waals surface area (Å²) < 4.78 is 5.76. The molecule has 6 heteroatoms. The third kappa shape index (κ3) is 4.65. The summed E-state index contributed by atoms with van der Waals surface area (Å²) in [6.45, 7) is 6.75. The Bertz CT molecular complexity index is 895. The van der Waals surface area contributed by atoms with Crippen molar-refractivity contribution in [1.29, 1.82) is 0 Å². The van der Waals surface area contributed by atoms with Crippen LogP contribution in [0.25, 0.3) is 0 Å². The summed E-state index contributed by atoms with van der Waals surface area (Å²) in [4.78, 5) is 25.9. The number of rotatable bonds is 6. The van der Waals surface area contributed by atoms with Crippen LogP contribution < -0.4 is 15.0 Å². The average molecular weight is 401 g/mol. The maximum Gasteiger partial charge on any atom is 0.262 e. The summed E-state index contributed by atoms with van der Waals surface area (Å²) in [6.07, 6.45) is 1.38. The maximum atomic E-state index is 12.3. The molecule has 1 saturated heterocycles. The van der Waals surface area contributed by atoms with Crippen molar-refractivity contribution in [3.63, 3.8) is 0 Å². The van der Waals surface area contributed by atoms with Gasteiger partial charge in [-0.1, -0.05) is 37.6 Å². The molecule has 0 radical (unpaired) electrons. The number of nitrogens with one attached hydrogen (secondary N) is 1. The zero-order chi connectivity index (χ0) is 20.3. The van der Waals surface area contributed by atoms with Crippen LogP contribution in [0.15, 0.2) is 36.4 Å². The van der Waals surface area contributed by atoms with Gasteiger partial charge in [0.1, 0.15) is 5.75 Å². The largest absolute Gasteiger partial charge is 0.483 e. The standard InChI is InChI=1S/C22H25ClN2O3/c1-14(2)17-8-6-15(3)11-20(17)28-13-21(26)24-16-7-9-19(18(23)12-16)25-10-4-5-22(25)27/h6-9,11-12,14H,4-5,10,13H2,1-3H3,(H,24,26). The number of ether oxygens (including phenoxy) is 1. The van der Waals surface area contributed by atoms with Crippen LogP contribution in [0.4, 0.5) is 11.4 Å². The molecule has 2 aromatic carbocycles. The molecule has 0 saturated carbocycles. The zero-order valence-electron chi connectivity index (χ0n) is 16.4. The SMILES string of the molecule is Cc1ccc(C(C)C)c(OCC(=O)Nc2ccc(N3CCCC3=O)c(Cl)c2)c1. The molecule has 0 spiro atoms. The van der Waals surface area contributed by atoms with Crippen LogP contribution in [-0.4, -0.2) is 25.0 Å². The molecule has 1 N–H and O–H groups in total. The first-order chi connectivity index (χ1) is 13.3. The molecule has 0 atom stereocenters. The second-order valence-electron chi connectivity index (χ2n) is 7.35. The Labute approximate surface area is 170 Å². The first-order valence-corrected chi connectivity index (χ1v) is 9.86. The number of hydrogen-bond donors (Lipinski definition) is 1. The highest BCUT2D eigenvalue weighted by molar-refractivity contribution is 6.34. The van der Waals surface area contributed by atoms with Gasteiger partial charge >= 0.3 is 0 Å². The minimum Gasteiger partial charge on any atom is -0.483 e. The van der Waals surface area contributed by atoms with Gasteiger partial charge in [-0.3, -0.25) is 9.59 Å². The predicted molar refractivity (Wildman–Crippen MR) is 112 cm³/mol. The van der Waals surface area contributed by atoms with E-state index in [0.29, 0.717) is 35.3 Å². The van der Waals surface area contributed by atoms with E-state index in [9.17, 15) is 9.59 Å². The molecule has 0 aromatic heterocycles. The van der Waals surface area contributed by atoms with Gasteiger partial charge in [0, 0.05) is 18.7 Å². The molecule has 5 nitrogen and oxygen atoms in total. The number of aryl methyl sites for hydroxylation is 1. The molecule has 28 heavy (non-hydrogen) atoms. The summed E-state index contributed by atoms with van der Waals surface area (Å²) in [5, 5.41) is 3.23. The normalized spacial score (nSPS) is 13.9. The Morgan fingerprint density at radius 3 is 2.68 bits per heavy atom. The van der Waals surface area contributed by atoms with Crippen LogP contribution in [0.2, 0.25) is 5.02 Å². The van der Waals surface area contributed by atoms with E-state index < -0.39 is 0 Å². The molecule has 1 aliphatic rings. The Morgan fingerprint density at radius 2 is 2.04 bits per heavy atom. The summed E-state index contributed by atoms with van der Waals surface area (Å²) in [5.41, 5.74) is 3.40. The number of halogens is 1. The highest BCUT2D eigenvalue weighted by atomic mass is 35.5. The monoisotopic (exact) mass is 400 g/mol. The molecule has 1 heterocycles. The van der Waals surface area contributed by atoms with Gasteiger partial charge in [-0.15, -0.1) is 0 Å². The maximum absolute atomic E-state index is 12.3. The summed E-state index contributed by atoms with van der Waals surface area (Å²) >= 11 is 6.33. The quantitative estimate of drug-likeness (QED) is 0.748. The average Bonchev–Trinajstić information content (AvgIpc) is 3.05. The van der Waals surface area contributed by atoms with Gasteiger partial charge in [0.2, 0.25) is 5.91 Å². The zero-order valence-corrected chi connectivity index (χ0v) is 17.2. The van der Waals surface area contributed by atoms with Gasteiger partial charge in [-0.25, -0.2) is 0 Å². The number of anilines is 2. The van der Waals surface area contributed by atoms with Crippen molar-refractivity contribution in [2.24, 2.45) is 0 Å². The van der Waals surface area contributed by atoms with E-state index in [1.807, 2.05) is 25.1 Å². The third-order valence-electron chi connectivity index (χ3n) is 4.75. The van der Waals surface area contributed by atoms with Crippen molar-refractivity contribution in [3.8, 4) is 5.75 Å². The minimum atomic E-state index is -0.266. The number of carbonyl (C=O) groups is 2. The second-order valence-corrected chi connectivity index (χ2v) is 7.76. The van der Waals surface area contributed by atoms with Crippen molar-refractivity contribution < 1.29 is 14.3 Å². The van der Waals surface area contributed by atoms with Crippen LogP contribution in [0.3, 0.4) is 0 Å². The van der Waals surface area contributed by atoms with Crippen LogP contribution in [-0.2, 0) is 9.59 Å². The van der Waals surface area contributed by atoms with E-state index in [4.69, 9.17) is 16.3 Å². The Kier molecular flexibility index (Phi) is 6.25. The van der Waals surface area contributed by atoms with Gasteiger partial charge in [-0.2, -0.15) is 0 Å². The minimum absolute atomic E-state index is 0.0752. The lowest BCUT2D eigenvalue weighted by Gasteiger charge is -2.18. The molecule has 1 fully saturated rings. The highest BCUT2D eigenvalue weighted by Crippen LogP contribution is 2.32. The fraction of sp³-hybridized carbons (Fsp3) is 0.364. The molecule has 0 aliphatic carbocycles. The first kappa shape index (κ1) is 20.2. The molecule has 148 valence electrons. The van der Waals surface area contributed by atoms with Gasteiger partial charge < -0.3 is 15.0 Å². The van der Waals surface area contributed by atoms with Crippen LogP contribution in [0.1, 0.15) is 43.7 Å². The lowest BCUT2D eigenvalue weighted by molar-refractivity contribution is -0.118. The third-order valence-corrected chi connectivity index (χ3v) is 5.05. The Morgan fingerprint density at radius 1 is 1.25 bits per heavy atom. The van der Waals surface area contributed by atoms with Gasteiger partial charge in [0.05, 0.1) is 10.7 Å². The van der Waals surface area contributed by atoms with E-state index in [1.165, 1.54) is 0 Å². The van der Waals surface area contributed by atoms with Crippen LogP contribution in [0.5, 0.6) is 5.75 Å². The smallest absolute Gasteiger partial charge is 0.262 e. The Hall–Kier alpha value is -2.53. The van der Waals surface area contributed by atoms with Crippen molar-refractivity contribution in [3.05, 3.63) is 52.5 Å². The summed E-state index contributed by atoms with van der Waals surface area (Å²) in [7, 11) is 0. The van der Waals surface area contributed by atoms with Crippen molar-refractivity contribution in [2.75, 3.05) is 23.4 Å². The van der Waals surface area contributed by atoms with Crippen LogP contribution >= 0.6 is 11.6 Å². The van der Waals surface area contributed by atoms with Gasteiger partial charge in [0.15, 0.2) is 6.61 Å². The second kappa shape index (κ2) is 8.65. The lowest BCUT2D eigenvalue weighted by Crippen LogP contribution is -2.24. The molecule has 1 aliphatic heterocycles. The molecule has 0 bridgehead atoms. The molecule has 2 amide bonds. The summed E-state index contributed by atoms with van der Waals surface area (Å²) in [5.74, 6) is 0.841. The topological polar surface area (TPSA) is 58.6 Å². The molecular formula is C22H25ClN2O3. The summed E-state index contributed by atoms with van der Waals surface area (Å²) in [6, 6.07) is 11.2. The molecule has 2 aromatic rings. The number of benzene rings is 2. The lowest BCUT2D eigenvalue weighted by atomic mass is 10.0. The first-order valence-electron chi connectivity index (χ1n) is 9.48. The number of carbonyl (C=O) groups excluding carboxylic acids is 2. The Balaban J connectivity index is 1.63. The van der Waals surface area contributed by atoms with Gasteiger partial charge in [0.25, 0.3) is 5.91 Å².